The molecular formula is C18H26O2S. The molecule has 2 rings (SSSR count). The molecule has 0 aliphatic heterocycles. The number of carbonyl (C=O) groups is 1. The summed E-state index contributed by atoms with van der Waals surface area (Å²) in [6, 6.07) is 8.65. The summed E-state index contributed by atoms with van der Waals surface area (Å²) in [6.45, 7) is 6.63. The molecule has 3 heteroatoms. The molecule has 0 amide bonds. The number of rotatable bonds is 3. The molecule has 1 aromatic rings. The van der Waals surface area contributed by atoms with Crippen LogP contribution in [-0.2, 0) is 10.2 Å². The van der Waals surface area contributed by atoms with E-state index in [1.807, 2.05) is 0 Å². The predicted molar refractivity (Wildman–Crippen MR) is 89.0 cm³/mol. The molecule has 1 aromatic carbocycles. The molecule has 1 saturated carbocycles. The van der Waals surface area contributed by atoms with Crippen LogP contribution >= 0.6 is 11.8 Å². The van der Waals surface area contributed by atoms with Gasteiger partial charge in [-0.2, -0.15) is 0 Å². The van der Waals surface area contributed by atoms with Gasteiger partial charge in [-0.3, -0.25) is 4.79 Å². The number of hydrogen-bond donors (Lipinski definition) is 1. The Kier molecular flexibility index (Phi) is 5.37. The van der Waals surface area contributed by atoms with Crippen LogP contribution in [0.3, 0.4) is 0 Å². The number of carboxylic acids is 1. The van der Waals surface area contributed by atoms with Crippen molar-refractivity contribution in [1.29, 1.82) is 0 Å². The van der Waals surface area contributed by atoms with Crippen LogP contribution in [0.25, 0.3) is 0 Å². The van der Waals surface area contributed by atoms with Crippen LogP contribution in [-0.4, -0.2) is 16.3 Å². The third kappa shape index (κ3) is 4.50. The van der Waals surface area contributed by atoms with E-state index >= 15 is 0 Å². The average molecular weight is 306 g/mol. The highest BCUT2D eigenvalue weighted by Gasteiger charge is 2.30. The zero-order valence-electron chi connectivity index (χ0n) is 13.3. The minimum Gasteiger partial charge on any atom is -0.481 e. The van der Waals surface area contributed by atoms with Crippen LogP contribution in [0.2, 0.25) is 0 Å². The highest BCUT2D eigenvalue weighted by molar-refractivity contribution is 8.00. The Morgan fingerprint density at radius 2 is 1.71 bits per heavy atom. The Morgan fingerprint density at radius 3 is 2.29 bits per heavy atom. The van der Waals surface area contributed by atoms with Gasteiger partial charge in [0, 0.05) is 10.1 Å². The monoisotopic (exact) mass is 306 g/mol. The van der Waals surface area contributed by atoms with E-state index < -0.39 is 5.97 Å². The summed E-state index contributed by atoms with van der Waals surface area (Å²) < 4.78 is 0. The van der Waals surface area contributed by atoms with Crippen LogP contribution in [0.15, 0.2) is 29.2 Å². The lowest BCUT2D eigenvalue weighted by Crippen LogP contribution is -2.24. The first kappa shape index (κ1) is 16.4. The van der Waals surface area contributed by atoms with Gasteiger partial charge in [-0.1, -0.05) is 52.2 Å². The van der Waals surface area contributed by atoms with Crippen molar-refractivity contribution < 1.29 is 9.90 Å². The van der Waals surface area contributed by atoms with Crippen molar-refractivity contribution >= 4 is 17.7 Å². The van der Waals surface area contributed by atoms with E-state index in [1.54, 1.807) is 11.8 Å². The topological polar surface area (TPSA) is 37.3 Å². The molecule has 0 heterocycles. The minimum absolute atomic E-state index is 0.162. The number of carboxylic acid groups (broad SMARTS) is 1. The van der Waals surface area contributed by atoms with Crippen LogP contribution in [0, 0.1) is 5.92 Å². The summed E-state index contributed by atoms with van der Waals surface area (Å²) in [5.41, 5.74) is 1.48. The van der Waals surface area contributed by atoms with E-state index in [4.69, 9.17) is 0 Å². The van der Waals surface area contributed by atoms with E-state index in [0.29, 0.717) is 0 Å². The van der Waals surface area contributed by atoms with Gasteiger partial charge in [0.15, 0.2) is 0 Å². The first-order valence-corrected chi connectivity index (χ1v) is 8.76. The molecular weight excluding hydrogens is 280 g/mol. The fraction of sp³-hybridized carbons (Fsp3) is 0.611. The van der Waals surface area contributed by atoms with E-state index in [0.717, 1.165) is 25.7 Å². The van der Waals surface area contributed by atoms with Crippen molar-refractivity contribution in [3.63, 3.8) is 0 Å². The zero-order chi connectivity index (χ0) is 15.5. The molecule has 0 bridgehead atoms. The van der Waals surface area contributed by atoms with Crippen LogP contribution in [0.4, 0.5) is 0 Å². The molecule has 1 fully saturated rings. The van der Waals surface area contributed by atoms with Crippen LogP contribution in [0.1, 0.15) is 58.4 Å². The quantitative estimate of drug-likeness (QED) is 0.788. The van der Waals surface area contributed by atoms with Crippen molar-refractivity contribution in [2.24, 2.45) is 5.92 Å². The summed E-state index contributed by atoms with van der Waals surface area (Å²) in [7, 11) is 0. The molecule has 1 N–H and O–H groups in total. The maximum Gasteiger partial charge on any atom is 0.307 e. The summed E-state index contributed by atoms with van der Waals surface area (Å²) in [6.07, 6.45) is 5.22. The van der Waals surface area contributed by atoms with Crippen molar-refractivity contribution in [3.05, 3.63) is 29.8 Å². The standard InChI is InChI=1S/C18H26O2S/c1-18(2,3)13-9-11-14(12-10-13)21-16-8-6-4-5-7-15(16)17(19)20/h9-12,15-16H,4-8H2,1-3H3,(H,19,20). The highest BCUT2D eigenvalue weighted by atomic mass is 32.2. The zero-order valence-corrected chi connectivity index (χ0v) is 14.1. The predicted octanol–water partition coefficient (Wildman–Crippen LogP) is 5.11. The molecule has 2 atom stereocenters. The summed E-state index contributed by atoms with van der Waals surface area (Å²) >= 11 is 1.75. The molecule has 0 spiro atoms. The molecule has 21 heavy (non-hydrogen) atoms. The number of hydrogen-bond acceptors (Lipinski definition) is 2. The average Bonchev–Trinajstić information content (AvgIpc) is 2.64. The van der Waals surface area contributed by atoms with Crippen molar-refractivity contribution in [2.45, 2.75) is 68.4 Å². The summed E-state index contributed by atoms with van der Waals surface area (Å²) in [5, 5.41) is 9.66. The van der Waals surface area contributed by atoms with E-state index in [-0.39, 0.29) is 16.6 Å². The van der Waals surface area contributed by atoms with Gasteiger partial charge in [0.2, 0.25) is 0 Å². The summed E-state index contributed by atoms with van der Waals surface area (Å²) in [4.78, 5) is 12.7. The number of benzene rings is 1. The lowest BCUT2D eigenvalue weighted by Gasteiger charge is -2.22. The van der Waals surface area contributed by atoms with Crippen LogP contribution in [0.5, 0.6) is 0 Å². The summed E-state index contributed by atoms with van der Waals surface area (Å²) in [5.74, 6) is -0.819. The maximum atomic E-state index is 11.5. The van der Waals surface area contributed by atoms with Gasteiger partial charge in [0.05, 0.1) is 5.92 Å². The first-order chi connectivity index (χ1) is 9.88. The fourth-order valence-electron chi connectivity index (χ4n) is 2.91. The lowest BCUT2D eigenvalue weighted by molar-refractivity contribution is -0.141. The molecule has 0 aromatic heterocycles. The minimum atomic E-state index is -0.624. The molecule has 2 unspecified atom stereocenters. The molecule has 0 saturated heterocycles. The van der Waals surface area contributed by atoms with Gasteiger partial charge in [-0.25, -0.2) is 0 Å². The van der Waals surface area contributed by atoms with Crippen molar-refractivity contribution in [2.75, 3.05) is 0 Å². The first-order valence-electron chi connectivity index (χ1n) is 7.88. The SMILES string of the molecule is CC(C)(C)c1ccc(SC2CCCCCC2C(=O)O)cc1. The fourth-order valence-corrected chi connectivity index (χ4v) is 4.25. The van der Waals surface area contributed by atoms with E-state index in [1.165, 1.54) is 16.9 Å². The van der Waals surface area contributed by atoms with Gasteiger partial charge in [0.25, 0.3) is 0 Å². The van der Waals surface area contributed by atoms with Gasteiger partial charge in [-0.15, -0.1) is 11.8 Å². The molecule has 1 aliphatic rings. The van der Waals surface area contributed by atoms with Crippen molar-refractivity contribution in [3.8, 4) is 0 Å². The van der Waals surface area contributed by atoms with Gasteiger partial charge < -0.3 is 5.11 Å². The Morgan fingerprint density at radius 1 is 1.10 bits per heavy atom. The van der Waals surface area contributed by atoms with E-state index in [9.17, 15) is 9.90 Å². The Balaban J connectivity index is 2.09. The molecule has 2 nitrogen and oxygen atoms in total. The van der Waals surface area contributed by atoms with Gasteiger partial charge in [-0.05, 0) is 36.0 Å². The molecule has 0 radical (unpaired) electrons. The second-order valence-electron chi connectivity index (χ2n) is 7.01. The second-order valence-corrected chi connectivity index (χ2v) is 8.33. The third-order valence-corrected chi connectivity index (χ3v) is 5.69. The largest absolute Gasteiger partial charge is 0.481 e. The Hall–Kier alpha value is -0.960. The number of aliphatic carboxylic acids is 1. The van der Waals surface area contributed by atoms with Gasteiger partial charge >= 0.3 is 5.97 Å². The lowest BCUT2D eigenvalue weighted by atomic mass is 9.87. The third-order valence-electron chi connectivity index (χ3n) is 4.28. The smallest absolute Gasteiger partial charge is 0.307 e. The highest BCUT2D eigenvalue weighted by Crippen LogP contribution is 2.37. The van der Waals surface area contributed by atoms with E-state index in [2.05, 4.69) is 45.0 Å². The molecule has 1 aliphatic carbocycles. The number of thioether (sulfide) groups is 1. The maximum absolute atomic E-state index is 11.5. The second kappa shape index (κ2) is 6.87. The Bertz CT molecular complexity index is 473. The van der Waals surface area contributed by atoms with Gasteiger partial charge in [0.1, 0.15) is 0 Å². The Labute approximate surface area is 132 Å². The van der Waals surface area contributed by atoms with Crippen LogP contribution < -0.4 is 0 Å². The van der Waals surface area contributed by atoms with Crippen molar-refractivity contribution in [1.82, 2.24) is 0 Å². The normalized spacial score (nSPS) is 23.6. The molecule has 116 valence electrons.